The average molecular weight is 286 g/mol. The summed E-state index contributed by atoms with van der Waals surface area (Å²) in [5.41, 5.74) is -0.322. The van der Waals surface area contributed by atoms with Gasteiger partial charge in [0.25, 0.3) is 0 Å². The third kappa shape index (κ3) is 2.28. The largest absolute Gasteiger partial charge is 0.371 e. The van der Waals surface area contributed by atoms with Gasteiger partial charge in [-0.1, -0.05) is 0 Å². The molecule has 2 atom stereocenters. The van der Waals surface area contributed by atoms with Crippen molar-refractivity contribution >= 4 is 10.0 Å². The summed E-state index contributed by atoms with van der Waals surface area (Å²) in [5.74, 6) is 0.151. The minimum absolute atomic E-state index is 0.151. The smallest absolute Gasteiger partial charge is 0.213 e. The van der Waals surface area contributed by atoms with Crippen LogP contribution in [0.4, 0.5) is 0 Å². The second-order valence-electron chi connectivity index (χ2n) is 5.25. The van der Waals surface area contributed by atoms with E-state index in [0.29, 0.717) is 19.7 Å². The molecule has 0 bridgehead atoms. The molecule has 0 aromatic carbocycles. The molecule has 106 valence electrons. The highest BCUT2D eigenvalue weighted by Gasteiger charge is 2.48. The summed E-state index contributed by atoms with van der Waals surface area (Å²) in [6.07, 6.45) is 4.96. The predicted molar refractivity (Wildman–Crippen MR) is 68.0 cm³/mol. The first-order valence-corrected chi connectivity index (χ1v) is 8.11. The van der Waals surface area contributed by atoms with Crippen molar-refractivity contribution < 1.29 is 13.2 Å². The molecule has 0 saturated carbocycles. The van der Waals surface area contributed by atoms with Crippen molar-refractivity contribution in [3.8, 4) is 0 Å². The molecule has 19 heavy (non-hydrogen) atoms. The number of nitrogens with zero attached hydrogens (tertiary/aromatic N) is 4. The predicted octanol–water partition coefficient (Wildman–Crippen LogP) is 0.0337. The number of sulfonamides is 1. The molecule has 1 spiro atoms. The van der Waals surface area contributed by atoms with E-state index in [1.54, 1.807) is 23.9 Å². The average Bonchev–Trinajstić information content (AvgIpc) is 3.11. The fraction of sp³-hybridized carbons (Fsp3) is 0.818. The van der Waals surface area contributed by atoms with Crippen molar-refractivity contribution in [1.29, 1.82) is 0 Å². The lowest BCUT2D eigenvalue weighted by Crippen LogP contribution is -2.36. The zero-order chi connectivity index (χ0) is 13.5. The van der Waals surface area contributed by atoms with Gasteiger partial charge in [-0.25, -0.2) is 8.42 Å². The third-order valence-corrected chi connectivity index (χ3v) is 5.92. The van der Waals surface area contributed by atoms with Crippen LogP contribution in [0.15, 0.2) is 12.7 Å². The highest BCUT2D eigenvalue weighted by atomic mass is 32.2. The zero-order valence-electron chi connectivity index (χ0n) is 10.9. The summed E-state index contributed by atoms with van der Waals surface area (Å²) in [6, 6.07) is 0.208. The van der Waals surface area contributed by atoms with Crippen LogP contribution in [-0.4, -0.2) is 58.5 Å². The number of hydrogen-bond donors (Lipinski definition) is 0. The zero-order valence-corrected chi connectivity index (χ0v) is 11.7. The molecular formula is C11H18N4O3S. The minimum atomic E-state index is -3.11. The van der Waals surface area contributed by atoms with E-state index >= 15 is 0 Å². The van der Waals surface area contributed by atoms with Gasteiger partial charge in [-0.2, -0.15) is 4.31 Å². The van der Waals surface area contributed by atoms with Crippen LogP contribution in [0.3, 0.4) is 0 Å². The van der Waals surface area contributed by atoms with Crippen molar-refractivity contribution in [1.82, 2.24) is 19.1 Å². The van der Waals surface area contributed by atoms with Crippen molar-refractivity contribution in [3.05, 3.63) is 12.7 Å². The number of hydrogen-bond acceptors (Lipinski definition) is 5. The van der Waals surface area contributed by atoms with Crippen molar-refractivity contribution in [2.45, 2.75) is 31.4 Å². The Morgan fingerprint density at radius 1 is 1.42 bits per heavy atom. The fourth-order valence-corrected chi connectivity index (χ4v) is 4.09. The first kappa shape index (κ1) is 13.0. The Morgan fingerprint density at radius 3 is 2.84 bits per heavy atom. The van der Waals surface area contributed by atoms with E-state index in [2.05, 4.69) is 10.2 Å². The summed E-state index contributed by atoms with van der Waals surface area (Å²) in [7, 11) is -3.11. The van der Waals surface area contributed by atoms with Crippen LogP contribution in [0.1, 0.15) is 25.8 Å². The van der Waals surface area contributed by atoms with Gasteiger partial charge in [0, 0.05) is 19.5 Å². The Hall–Kier alpha value is -0.990. The fourth-order valence-electron chi connectivity index (χ4n) is 2.92. The molecule has 1 aromatic heterocycles. The Kier molecular flexibility index (Phi) is 3.11. The topological polar surface area (TPSA) is 77.3 Å². The summed E-state index contributed by atoms with van der Waals surface area (Å²) in [5, 5.41) is 7.60. The second-order valence-corrected chi connectivity index (χ2v) is 7.50. The first-order valence-electron chi connectivity index (χ1n) is 6.51. The maximum atomic E-state index is 11.9. The van der Waals surface area contributed by atoms with E-state index in [1.807, 2.05) is 4.57 Å². The molecule has 1 aromatic rings. The molecule has 2 fully saturated rings. The van der Waals surface area contributed by atoms with Gasteiger partial charge in [0.05, 0.1) is 24.0 Å². The second kappa shape index (κ2) is 4.53. The van der Waals surface area contributed by atoms with Crippen LogP contribution in [0.2, 0.25) is 0 Å². The highest BCUT2D eigenvalue weighted by molar-refractivity contribution is 7.89. The molecule has 0 amide bonds. The number of aromatic nitrogens is 3. The van der Waals surface area contributed by atoms with E-state index in [1.165, 1.54) is 0 Å². The summed E-state index contributed by atoms with van der Waals surface area (Å²) >= 11 is 0. The standard InChI is InChI=1S/C11H18N4O3S/c1-2-19(16,17)15-4-3-11(7-15)5-10(6-18-11)14-8-12-13-9-14/h8-10H,2-7H2,1H3/t10-,11-/m1/s1. The lowest BCUT2D eigenvalue weighted by atomic mass is 9.97. The van der Waals surface area contributed by atoms with E-state index in [9.17, 15) is 8.42 Å². The van der Waals surface area contributed by atoms with Crippen molar-refractivity contribution in [2.24, 2.45) is 0 Å². The molecular weight excluding hydrogens is 268 g/mol. The van der Waals surface area contributed by atoms with Gasteiger partial charge in [0.1, 0.15) is 12.7 Å². The van der Waals surface area contributed by atoms with Crippen molar-refractivity contribution in [3.63, 3.8) is 0 Å². The van der Waals surface area contributed by atoms with Crippen LogP contribution in [0.5, 0.6) is 0 Å². The van der Waals surface area contributed by atoms with Gasteiger partial charge >= 0.3 is 0 Å². The molecule has 0 N–H and O–H groups in total. The Bertz CT molecular complexity index is 544. The van der Waals surface area contributed by atoms with Crippen LogP contribution in [0.25, 0.3) is 0 Å². The molecule has 0 aliphatic carbocycles. The maximum absolute atomic E-state index is 11.9. The molecule has 3 heterocycles. The van der Waals surface area contributed by atoms with Gasteiger partial charge < -0.3 is 9.30 Å². The van der Waals surface area contributed by atoms with E-state index in [-0.39, 0.29) is 17.4 Å². The van der Waals surface area contributed by atoms with Crippen LogP contribution in [0, 0.1) is 0 Å². The van der Waals surface area contributed by atoms with Crippen LogP contribution < -0.4 is 0 Å². The molecule has 2 aliphatic heterocycles. The van der Waals surface area contributed by atoms with E-state index in [4.69, 9.17) is 4.74 Å². The van der Waals surface area contributed by atoms with Gasteiger partial charge in [-0.15, -0.1) is 10.2 Å². The number of rotatable bonds is 3. The Labute approximate surface area is 112 Å². The number of ether oxygens (including phenoxy) is 1. The van der Waals surface area contributed by atoms with Gasteiger partial charge in [-0.05, 0) is 13.3 Å². The summed E-state index contributed by atoms with van der Waals surface area (Å²) in [4.78, 5) is 0. The molecule has 8 heteroatoms. The summed E-state index contributed by atoms with van der Waals surface area (Å²) < 4.78 is 33.2. The Balaban J connectivity index is 1.71. The SMILES string of the molecule is CCS(=O)(=O)N1CC[C@@]2(C[C@@H](n3cnnc3)CO2)C1. The maximum Gasteiger partial charge on any atom is 0.213 e. The molecule has 0 unspecified atom stereocenters. The van der Waals surface area contributed by atoms with Crippen LogP contribution in [-0.2, 0) is 14.8 Å². The van der Waals surface area contributed by atoms with E-state index in [0.717, 1.165) is 12.8 Å². The van der Waals surface area contributed by atoms with Crippen LogP contribution >= 0.6 is 0 Å². The Morgan fingerprint density at radius 2 is 2.16 bits per heavy atom. The van der Waals surface area contributed by atoms with Crippen molar-refractivity contribution in [2.75, 3.05) is 25.4 Å². The molecule has 3 rings (SSSR count). The van der Waals surface area contributed by atoms with Gasteiger partial charge in [0.2, 0.25) is 10.0 Å². The highest BCUT2D eigenvalue weighted by Crippen LogP contribution is 2.40. The quantitative estimate of drug-likeness (QED) is 0.783. The molecule has 7 nitrogen and oxygen atoms in total. The molecule has 0 radical (unpaired) electrons. The van der Waals surface area contributed by atoms with E-state index < -0.39 is 10.0 Å². The first-order chi connectivity index (χ1) is 9.05. The normalized spacial score (nSPS) is 32.4. The lowest BCUT2D eigenvalue weighted by Gasteiger charge is -2.23. The monoisotopic (exact) mass is 286 g/mol. The minimum Gasteiger partial charge on any atom is -0.371 e. The molecule has 2 aliphatic rings. The lowest BCUT2D eigenvalue weighted by molar-refractivity contribution is 0.0165. The molecule has 2 saturated heterocycles. The third-order valence-electron chi connectivity index (χ3n) is 4.09. The van der Waals surface area contributed by atoms with Gasteiger partial charge in [-0.3, -0.25) is 0 Å². The van der Waals surface area contributed by atoms with Gasteiger partial charge in [0.15, 0.2) is 0 Å². The summed E-state index contributed by atoms with van der Waals surface area (Å²) in [6.45, 7) is 3.31.